The summed E-state index contributed by atoms with van der Waals surface area (Å²) in [5.74, 6) is 0. The van der Waals surface area contributed by atoms with E-state index in [0.717, 1.165) is 31.9 Å². The number of hydrazone groups is 1. The zero-order valence-corrected chi connectivity index (χ0v) is 16.1. The zero-order chi connectivity index (χ0) is 17.9. The standard InChI is InChI=1S/C14H23Cl3N8/c1-24-5-7-25(8-6-24)13-21-11(14(15,16)17)20-12(22-13)23-19-9-10-3-2-4-18-10/h2-4,9,11-13,18,20-23H,5-8H2,1H3/b19-9+. The molecule has 0 radical (unpaired) electrons. The highest BCUT2D eigenvalue weighted by Crippen LogP contribution is 2.30. The Kier molecular flexibility index (Phi) is 6.45. The van der Waals surface area contributed by atoms with Crippen LogP contribution in [0, 0.1) is 0 Å². The number of alkyl halides is 3. The highest BCUT2D eigenvalue weighted by atomic mass is 35.6. The average molecular weight is 410 g/mol. The number of aromatic amines is 1. The number of aromatic nitrogens is 1. The van der Waals surface area contributed by atoms with Crippen LogP contribution < -0.4 is 21.4 Å². The Hall–Kier alpha value is -0.580. The van der Waals surface area contributed by atoms with E-state index in [1.807, 2.05) is 18.3 Å². The first-order valence-corrected chi connectivity index (χ1v) is 9.25. The summed E-state index contributed by atoms with van der Waals surface area (Å²) in [6.07, 6.45) is 2.53. The van der Waals surface area contributed by atoms with Crippen LogP contribution in [-0.4, -0.2) is 76.8 Å². The Morgan fingerprint density at radius 2 is 1.96 bits per heavy atom. The van der Waals surface area contributed by atoms with Crippen LogP contribution in [-0.2, 0) is 0 Å². The maximum Gasteiger partial charge on any atom is 0.218 e. The van der Waals surface area contributed by atoms with Crippen LogP contribution in [0.2, 0.25) is 0 Å². The second-order valence-corrected chi connectivity index (χ2v) is 8.53. The van der Waals surface area contributed by atoms with Crippen LogP contribution in [0.1, 0.15) is 5.69 Å². The van der Waals surface area contributed by atoms with Gasteiger partial charge in [-0.3, -0.25) is 26.3 Å². The van der Waals surface area contributed by atoms with Crippen LogP contribution in [0.15, 0.2) is 23.4 Å². The van der Waals surface area contributed by atoms with Crippen molar-refractivity contribution in [2.45, 2.75) is 22.5 Å². The molecule has 2 aliphatic rings. The van der Waals surface area contributed by atoms with E-state index in [0.29, 0.717) is 0 Å². The Morgan fingerprint density at radius 1 is 1.20 bits per heavy atom. The molecule has 140 valence electrons. The van der Waals surface area contributed by atoms with Crippen LogP contribution in [0.25, 0.3) is 0 Å². The smallest absolute Gasteiger partial charge is 0.218 e. The highest BCUT2D eigenvalue weighted by molar-refractivity contribution is 6.68. The predicted octanol–water partition coefficient (Wildman–Crippen LogP) is 0.232. The summed E-state index contributed by atoms with van der Waals surface area (Å²) in [6, 6.07) is 3.83. The van der Waals surface area contributed by atoms with Crippen LogP contribution in [0.4, 0.5) is 0 Å². The van der Waals surface area contributed by atoms with Crippen LogP contribution >= 0.6 is 34.8 Å². The van der Waals surface area contributed by atoms with E-state index in [1.165, 1.54) is 0 Å². The topological polar surface area (TPSA) is 82.8 Å². The molecule has 0 bridgehead atoms. The van der Waals surface area contributed by atoms with Gasteiger partial charge < -0.3 is 9.88 Å². The highest BCUT2D eigenvalue weighted by Gasteiger charge is 2.41. The maximum absolute atomic E-state index is 6.10. The lowest BCUT2D eigenvalue weighted by atomic mass is 10.3. The summed E-state index contributed by atoms with van der Waals surface area (Å²) < 4.78 is -1.49. The number of hydrogen-bond donors (Lipinski definition) is 5. The second kappa shape index (κ2) is 8.41. The van der Waals surface area contributed by atoms with Crippen molar-refractivity contribution in [1.29, 1.82) is 0 Å². The second-order valence-electron chi connectivity index (χ2n) is 6.16. The minimum Gasteiger partial charge on any atom is -0.360 e. The van der Waals surface area contributed by atoms with E-state index in [1.54, 1.807) is 6.21 Å². The Labute approximate surface area is 162 Å². The summed E-state index contributed by atoms with van der Waals surface area (Å²) in [7, 11) is 2.12. The lowest BCUT2D eigenvalue weighted by molar-refractivity contribution is 0.0240. The molecule has 8 nitrogen and oxygen atoms in total. The van der Waals surface area contributed by atoms with Crippen molar-refractivity contribution in [2.24, 2.45) is 5.10 Å². The van der Waals surface area contributed by atoms with Crippen LogP contribution in [0.3, 0.4) is 0 Å². The van der Waals surface area contributed by atoms with E-state index in [2.05, 4.69) is 48.3 Å². The van der Waals surface area contributed by atoms with Crippen molar-refractivity contribution in [1.82, 2.24) is 36.2 Å². The number of nitrogens with zero attached hydrogens (tertiary/aromatic N) is 3. The SMILES string of the molecule is CN1CCN(C2NC(N/N=C/c3ccc[nH]3)NC(C(Cl)(Cl)Cl)N2)CC1. The van der Waals surface area contributed by atoms with Gasteiger partial charge >= 0.3 is 0 Å². The van der Waals surface area contributed by atoms with E-state index < -0.39 is 9.96 Å². The van der Waals surface area contributed by atoms with E-state index in [4.69, 9.17) is 34.8 Å². The zero-order valence-electron chi connectivity index (χ0n) is 13.8. The lowest BCUT2D eigenvalue weighted by Gasteiger charge is -2.46. The molecule has 3 unspecified atom stereocenters. The van der Waals surface area contributed by atoms with Gasteiger partial charge in [-0.25, -0.2) is 0 Å². The molecule has 1 aromatic rings. The fourth-order valence-corrected chi connectivity index (χ4v) is 3.17. The molecule has 0 amide bonds. The third-order valence-corrected chi connectivity index (χ3v) is 4.90. The van der Waals surface area contributed by atoms with Crippen molar-refractivity contribution in [3.63, 3.8) is 0 Å². The van der Waals surface area contributed by atoms with Gasteiger partial charge in [0.15, 0.2) is 6.29 Å². The first-order valence-electron chi connectivity index (χ1n) is 8.11. The molecule has 3 heterocycles. The predicted molar refractivity (Wildman–Crippen MR) is 102 cm³/mol. The Bertz CT molecular complexity index is 553. The van der Waals surface area contributed by atoms with Gasteiger partial charge in [-0.2, -0.15) is 5.10 Å². The van der Waals surface area contributed by atoms with E-state index in [-0.39, 0.29) is 12.6 Å². The van der Waals surface area contributed by atoms with Gasteiger partial charge in [0.2, 0.25) is 3.79 Å². The first kappa shape index (κ1) is 19.2. The number of rotatable bonds is 4. The molecule has 2 fully saturated rings. The lowest BCUT2D eigenvalue weighted by Crippen LogP contribution is -2.77. The average Bonchev–Trinajstić information content (AvgIpc) is 3.08. The Morgan fingerprint density at radius 3 is 2.60 bits per heavy atom. The molecule has 3 rings (SSSR count). The minimum absolute atomic E-state index is 0.131. The van der Waals surface area contributed by atoms with Crippen molar-refractivity contribution < 1.29 is 0 Å². The van der Waals surface area contributed by atoms with Gasteiger partial charge in [0, 0.05) is 32.4 Å². The monoisotopic (exact) mass is 408 g/mol. The fraction of sp³-hybridized carbons (Fsp3) is 0.643. The number of halogens is 3. The number of piperazine rings is 1. The molecule has 11 heteroatoms. The van der Waals surface area contributed by atoms with Gasteiger partial charge in [-0.05, 0) is 19.2 Å². The molecule has 2 aliphatic heterocycles. The van der Waals surface area contributed by atoms with Crippen molar-refractivity contribution >= 4 is 41.0 Å². The summed E-state index contributed by atoms with van der Waals surface area (Å²) in [6.45, 7) is 3.84. The molecule has 3 atom stereocenters. The van der Waals surface area contributed by atoms with Gasteiger partial charge in [-0.1, -0.05) is 34.8 Å². The minimum atomic E-state index is -1.49. The quantitative estimate of drug-likeness (QED) is 0.278. The number of nitrogens with one attached hydrogen (secondary N) is 5. The van der Waals surface area contributed by atoms with Crippen molar-refractivity contribution in [3.05, 3.63) is 24.0 Å². The molecule has 0 spiro atoms. The van der Waals surface area contributed by atoms with Crippen molar-refractivity contribution in [2.75, 3.05) is 33.2 Å². The van der Waals surface area contributed by atoms with Gasteiger partial charge in [-0.15, -0.1) is 0 Å². The molecule has 1 aromatic heterocycles. The third kappa shape index (κ3) is 5.45. The molecule has 0 saturated carbocycles. The third-order valence-electron chi connectivity index (χ3n) is 4.24. The molecular weight excluding hydrogens is 387 g/mol. The number of hydrogen-bond acceptors (Lipinski definition) is 7. The molecule has 0 aromatic carbocycles. The van der Waals surface area contributed by atoms with E-state index >= 15 is 0 Å². The van der Waals surface area contributed by atoms with E-state index in [9.17, 15) is 0 Å². The summed E-state index contributed by atoms with van der Waals surface area (Å²) in [4.78, 5) is 7.63. The van der Waals surface area contributed by atoms with Gasteiger partial charge in [0.25, 0.3) is 0 Å². The number of likely N-dealkylation sites (N-methyl/N-ethyl adjacent to an activating group) is 1. The maximum atomic E-state index is 6.10. The summed E-state index contributed by atoms with van der Waals surface area (Å²) in [5, 5.41) is 14.1. The normalized spacial score (nSPS) is 30.0. The molecule has 25 heavy (non-hydrogen) atoms. The first-order chi connectivity index (χ1) is 11.9. The molecule has 2 saturated heterocycles. The van der Waals surface area contributed by atoms with Crippen LogP contribution in [0.5, 0.6) is 0 Å². The Balaban J connectivity index is 1.63. The van der Waals surface area contributed by atoms with Gasteiger partial charge in [0.05, 0.1) is 11.9 Å². The van der Waals surface area contributed by atoms with Crippen molar-refractivity contribution in [3.8, 4) is 0 Å². The number of H-pyrrole nitrogens is 1. The molecule has 5 N–H and O–H groups in total. The fourth-order valence-electron chi connectivity index (χ4n) is 2.79. The summed E-state index contributed by atoms with van der Waals surface area (Å²) >= 11 is 18.3. The van der Waals surface area contributed by atoms with Gasteiger partial charge in [0.1, 0.15) is 12.5 Å². The largest absolute Gasteiger partial charge is 0.360 e. The summed E-state index contributed by atoms with van der Waals surface area (Å²) in [5.41, 5.74) is 3.91. The molecular formula is C14H23Cl3N8. The molecule has 0 aliphatic carbocycles.